The molecule has 0 spiro atoms. The van der Waals surface area contributed by atoms with Crippen molar-refractivity contribution in [2.75, 3.05) is 18.0 Å². The fourth-order valence-corrected chi connectivity index (χ4v) is 4.20. The standard InChI is InChI=1S/C18H18N4OS/c23-18(15-12-24-16-7-2-1-6-14(15)16)19-11-13-5-4-10-22(13)17-8-3-9-20-21-17/h1-3,6-9,12-13H,4-5,10-11H2,(H,19,23)/t13-/m1/s1. The predicted octanol–water partition coefficient (Wildman–Crippen LogP) is 3.09. The molecular weight excluding hydrogens is 320 g/mol. The molecule has 0 saturated carbocycles. The maximum atomic E-state index is 12.6. The van der Waals surface area contributed by atoms with Crippen LogP contribution in [-0.2, 0) is 0 Å². The van der Waals surface area contributed by atoms with Gasteiger partial charge in [-0.3, -0.25) is 4.79 Å². The van der Waals surface area contributed by atoms with Crippen LogP contribution in [0.1, 0.15) is 23.2 Å². The van der Waals surface area contributed by atoms with Crippen LogP contribution in [0.15, 0.2) is 48.0 Å². The third-order valence-electron chi connectivity index (χ3n) is 4.45. The van der Waals surface area contributed by atoms with Gasteiger partial charge in [-0.15, -0.1) is 16.4 Å². The molecular formula is C18H18N4OS. The highest BCUT2D eigenvalue weighted by Crippen LogP contribution is 2.26. The third-order valence-corrected chi connectivity index (χ3v) is 5.42. The van der Waals surface area contributed by atoms with Crippen molar-refractivity contribution in [3.05, 3.63) is 53.5 Å². The van der Waals surface area contributed by atoms with E-state index in [0.29, 0.717) is 6.54 Å². The molecule has 1 saturated heterocycles. The van der Waals surface area contributed by atoms with Gasteiger partial charge < -0.3 is 10.2 Å². The van der Waals surface area contributed by atoms with E-state index in [0.717, 1.165) is 40.9 Å². The van der Waals surface area contributed by atoms with Gasteiger partial charge in [0.15, 0.2) is 5.82 Å². The van der Waals surface area contributed by atoms with Crippen LogP contribution in [0.5, 0.6) is 0 Å². The highest BCUT2D eigenvalue weighted by Gasteiger charge is 2.26. The van der Waals surface area contributed by atoms with Crippen molar-refractivity contribution in [2.45, 2.75) is 18.9 Å². The summed E-state index contributed by atoms with van der Waals surface area (Å²) in [6, 6.07) is 12.2. The first-order chi connectivity index (χ1) is 11.8. The fraction of sp³-hybridized carbons (Fsp3) is 0.278. The van der Waals surface area contributed by atoms with Crippen molar-refractivity contribution in [3.8, 4) is 0 Å². The van der Waals surface area contributed by atoms with E-state index in [-0.39, 0.29) is 11.9 Å². The second-order valence-corrected chi connectivity index (χ2v) is 6.84. The zero-order chi connectivity index (χ0) is 16.4. The van der Waals surface area contributed by atoms with E-state index in [1.165, 1.54) is 0 Å². The van der Waals surface area contributed by atoms with Crippen LogP contribution in [0.4, 0.5) is 5.82 Å². The Morgan fingerprint density at radius 2 is 2.21 bits per heavy atom. The summed E-state index contributed by atoms with van der Waals surface area (Å²) in [5.74, 6) is 0.883. The number of aromatic nitrogens is 2. The molecule has 0 bridgehead atoms. The van der Waals surface area contributed by atoms with Gasteiger partial charge in [0, 0.05) is 40.8 Å². The first kappa shape index (κ1) is 15.1. The zero-order valence-corrected chi connectivity index (χ0v) is 14.0. The van der Waals surface area contributed by atoms with Crippen LogP contribution in [-0.4, -0.2) is 35.2 Å². The van der Waals surface area contributed by atoms with Crippen LogP contribution >= 0.6 is 11.3 Å². The molecule has 3 heterocycles. The molecule has 0 unspecified atom stereocenters. The molecule has 1 aromatic carbocycles. The smallest absolute Gasteiger partial charge is 0.252 e. The molecule has 1 aliphatic heterocycles. The lowest BCUT2D eigenvalue weighted by molar-refractivity contribution is 0.0953. The van der Waals surface area contributed by atoms with E-state index in [1.807, 2.05) is 41.8 Å². The van der Waals surface area contributed by atoms with Crippen LogP contribution in [0, 0.1) is 0 Å². The summed E-state index contributed by atoms with van der Waals surface area (Å²) in [6.45, 7) is 1.58. The molecule has 6 heteroatoms. The van der Waals surface area contributed by atoms with Crippen molar-refractivity contribution in [3.63, 3.8) is 0 Å². The Morgan fingerprint density at radius 1 is 1.29 bits per heavy atom. The number of carbonyl (C=O) groups is 1. The third kappa shape index (κ3) is 2.85. The Labute approximate surface area is 144 Å². The Hall–Kier alpha value is -2.47. The predicted molar refractivity (Wildman–Crippen MR) is 96.6 cm³/mol. The summed E-state index contributed by atoms with van der Waals surface area (Å²) >= 11 is 1.61. The molecule has 0 radical (unpaired) electrons. The van der Waals surface area contributed by atoms with Crippen LogP contribution in [0.25, 0.3) is 10.1 Å². The van der Waals surface area contributed by atoms with Crippen LogP contribution in [0.3, 0.4) is 0 Å². The van der Waals surface area contributed by atoms with Gasteiger partial charge in [-0.1, -0.05) is 18.2 Å². The summed E-state index contributed by atoms with van der Waals surface area (Å²) in [5.41, 5.74) is 0.764. The summed E-state index contributed by atoms with van der Waals surface area (Å²) in [6.07, 6.45) is 3.85. The number of nitrogens with one attached hydrogen (secondary N) is 1. The first-order valence-electron chi connectivity index (χ1n) is 8.12. The highest BCUT2D eigenvalue weighted by molar-refractivity contribution is 7.17. The molecule has 1 amide bonds. The second-order valence-electron chi connectivity index (χ2n) is 5.93. The number of thiophene rings is 1. The number of rotatable bonds is 4. The number of nitrogens with zero attached hydrogens (tertiary/aromatic N) is 3. The quantitative estimate of drug-likeness (QED) is 0.794. The van der Waals surface area contributed by atoms with E-state index in [1.54, 1.807) is 17.5 Å². The SMILES string of the molecule is O=C(NC[C@H]1CCCN1c1cccnn1)c1csc2ccccc12. The number of anilines is 1. The number of amides is 1. The minimum atomic E-state index is -0.00144. The van der Waals surface area contributed by atoms with Crippen molar-refractivity contribution >= 4 is 33.1 Å². The maximum absolute atomic E-state index is 12.6. The summed E-state index contributed by atoms with van der Waals surface area (Å²) in [7, 11) is 0. The van der Waals surface area contributed by atoms with Crippen molar-refractivity contribution in [2.24, 2.45) is 0 Å². The van der Waals surface area contributed by atoms with E-state index < -0.39 is 0 Å². The number of fused-ring (bicyclic) bond motifs is 1. The van der Waals surface area contributed by atoms with Crippen LogP contribution in [0.2, 0.25) is 0 Å². The molecule has 1 atom stereocenters. The minimum absolute atomic E-state index is 0.00144. The van der Waals surface area contributed by atoms with Gasteiger partial charge in [0.2, 0.25) is 0 Å². The average Bonchev–Trinajstić information content (AvgIpc) is 3.27. The Bertz CT molecular complexity index is 848. The lowest BCUT2D eigenvalue weighted by Crippen LogP contribution is -2.40. The van der Waals surface area contributed by atoms with Gasteiger partial charge in [0.1, 0.15) is 0 Å². The molecule has 1 aliphatic rings. The number of hydrogen-bond acceptors (Lipinski definition) is 5. The molecule has 4 rings (SSSR count). The monoisotopic (exact) mass is 338 g/mol. The Balaban J connectivity index is 1.45. The normalized spacial score (nSPS) is 17.3. The number of benzene rings is 1. The van der Waals surface area contributed by atoms with Gasteiger partial charge in [-0.2, -0.15) is 5.10 Å². The average molecular weight is 338 g/mol. The molecule has 1 fully saturated rings. The van der Waals surface area contributed by atoms with E-state index in [2.05, 4.69) is 20.4 Å². The van der Waals surface area contributed by atoms with Crippen molar-refractivity contribution in [1.82, 2.24) is 15.5 Å². The second kappa shape index (κ2) is 6.57. The topological polar surface area (TPSA) is 58.1 Å². The highest BCUT2D eigenvalue weighted by atomic mass is 32.1. The van der Waals surface area contributed by atoms with Crippen molar-refractivity contribution < 1.29 is 4.79 Å². The van der Waals surface area contributed by atoms with Gasteiger partial charge >= 0.3 is 0 Å². The zero-order valence-electron chi connectivity index (χ0n) is 13.2. The Kier molecular flexibility index (Phi) is 4.13. The number of carbonyl (C=O) groups excluding carboxylic acids is 1. The summed E-state index contributed by atoms with van der Waals surface area (Å²) in [5, 5.41) is 14.2. The van der Waals surface area contributed by atoms with E-state index in [9.17, 15) is 4.79 Å². The lowest BCUT2D eigenvalue weighted by atomic mass is 10.1. The van der Waals surface area contributed by atoms with Gasteiger partial charge in [0.25, 0.3) is 5.91 Å². The lowest BCUT2D eigenvalue weighted by Gasteiger charge is -2.25. The van der Waals surface area contributed by atoms with Gasteiger partial charge in [-0.25, -0.2) is 0 Å². The van der Waals surface area contributed by atoms with E-state index >= 15 is 0 Å². The molecule has 3 aromatic rings. The maximum Gasteiger partial charge on any atom is 0.252 e. The van der Waals surface area contributed by atoms with Gasteiger partial charge in [-0.05, 0) is 31.0 Å². The molecule has 2 aromatic heterocycles. The largest absolute Gasteiger partial charge is 0.350 e. The fourth-order valence-electron chi connectivity index (χ4n) is 3.26. The number of hydrogen-bond donors (Lipinski definition) is 1. The molecule has 0 aliphatic carbocycles. The summed E-state index contributed by atoms with van der Waals surface area (Å²) in [4.78, 5) is 14.8. The molecule has 24 heavy (non-hydrogen) atoms. The van der Waals surface area contributed by atoms with Gasteiger partial charge in [0.05, 0.1) is 5.56 Å². The van der Waals surface area contributed by atoms with Crippen molar-refractivity contribution in [1.29, 1.82) is 0 Å². The molecule has 122 valence electrons. The molecule has 1 N–H and O–H groups in total. The Morgan fingerprint density at radius 3 is 3.08 bits per heavy atom. The minimum Gasteiger partial charge on any atom is -0.350 e. The van der Waals surface area contributed by atoms with Crippen LogP contribution < -0.4 is 10.2 Å². The molecule has 5 nitrogen and oxygen atoms in total. The first-order valence-corrected chi connectivity index (χ1v) is 8.99. The van der Waals surface area contributed by atoms with E-state index in [4.69, 9.17) is 0 Å². The summed E-state index contributed by atoms with van der Waals surface area (Å²) < 4.78 is 1.14.